The molecule has 1 N–H and O–H groups in total. The number of halogens is 5. The molecule has 2 fully saturated rings. The van der Waals surface area contributed by atoms with Crippen molar-refractivity contribution >= 4 is 6.09 Å². The van der Waals surface area contributed by atoms with E-state index in [1.807, 2.05) is 0 Å². The normalized spacial score (nSPS) is 27.2. The monoisotopic (exact) mass is 407 g/mol. The second-order valence-electron chi connectivity index (χ2n) is 8.63. The molecule has 1 aromatic rings. The van der Waals surface area contributed by atoms with Gasteiger partial charge in [0.2, 0.25) is 5.82 Å². The summed E-state index contributed by atoms with van der Waals surface area (Å²) in [7, 11) is 0. The van der Waals surface area contributed by atoms with Crippen LogP contribution in [0, 0.1) is 29.1 Å². The van der Waals surface area contributed by atoms with Gasteiger partial charge in [-0.3, -0.25) is 0 Å². The summed E-state index contributed by atoms with van der Waals surface area (Å²) >= 11 is 0. The van der Waals surface area contributed by atoms with Crippen LogP contribution in [-0.4, -0.2) is 39.4 Å². The highest BCUT2D eigenvalue weighted by Gasteiger charge is 2.51. The van der Waals surface area contributed by atoms with E-state index in [0.29, 0.717) is 12.8 Å². The SMILES string of the molecule is CC(C)(C)OC(=O)N1C2CCC1CC(O)(Cc1c(F)c(F)c(F)c(F)c1F)C2. The largest absolute Gasteiger partial charge is 0.444 e. The maximum Gasteiger partial charge on any atom is 0.410 e. The Morgan fingerprint density at radius 1 is 1.00 bits per heavy atom. The molecule has 0 spiro atoms. The Balaban J connectivity index is 1.83. The number of piperidine rings is 1. The van der Waals surface area contributed by atoms with Crippen LogP contribution < -0.4 is 0 Å². The lowest BCUT2D eigenvalue weighted by molar-refractivity contribution is -0.0587. The first-order valence-corrected chi connectivity index (χ1v) is 9.07. The Labute approximate surface area is 159 Å². The molecule has 0 radical (unpaired) electrons. The number of nitrogens with zero attached hydrogens (tertiary/aromatic N) is 1. The van der Waals surface area contributed by atoms with Crippen molar-refractivity contribution in [2.45, 2.75) is 76.2 Å². The summed E-state index contributed by atoms with van der Waals surface area (Å²) in [6.07, 6.45) is -0.233. The van der Waals surface area contributed by atoms with Crippen LogP contribution in [0.5, 0.6) is 0 Å². The molecule has 28 heavy (non-hydrogen) atoms. The third-order valence-electron chi connectivity index (χ3n) is 5.26. The summed E-state index contributed by atoms with van der Waals surface area (Å²) in [5, 5.41) is 10.9. The molecule has 2 unspecified atom stereocenters. The van der Waals surface area contributed by atoms with Crippen molar-refractivity contribution < 1.29 is 36.6 Å². The average Bonchev–Trinajstić information content (AvgIpc) is 2.87. The van der Waals surface area contributed by atoms with Gasteiger partial charge in [-0.1, -0.05) is 0 Å². The first-order valence-electron chi connectivity index (χ1n) is 9.07. The standard InChI is InChI=1S/C19H22F5NO3/c1-18(2,3)28-17(26)25-9-4-5-10(25)7-19(27,6-9)8-11-12(20)14(22)16(24)15(23)13(11)21/h9-10,27H,4-8H2,1-3H3. The van der Waals surface area contributed by atoms with Gasteiger partial charge in [0.15, 0.2) is 23.3 Å². The molecular weight excluding hydrogens is 385 g/mol. The topological polar surface area (TPSA) is 49.8 Å². The van der Waals surface area contributed by atoms with E-state index in [0.717, 1.165) is 0 Å². The zero-order valence-corrected chi connectivity index (χ0v) is 15.8. The fourth-order valence-electron chi connectivity index (χ4n) is 4.21. The molecule has 1 aromatic carbocycles. The van der Waals surface area contributed by atoms with E-state index < -0.39 is 70.4 Å². The van der Waals surface area contributed by atoms with Crippen molar-refractivity contribution in [2.75, 3.05) is 0 Å². The van der Waals surface area contributed by atoms with E-state index in [-0.39, 0.29) is 12.8 Å². The van der Waals surface area contributed by atoms with Gasteiger partial charge in [0.25, 0.3) is 0 Å². The average molecular weight is 407 g/mol. The van der Waals surface area contributed by atoms with Gasteiger partial charge in [-0.25, -0.2) is 26.7 Å². The Kier molecular flexibility index (Phi) is 5.10. The molecule has 0 aromatic heterocycles. The van der Waals surface area contributed by atoms with E-state index in [2.05, 4.69) is 0 Å². The van der Waals surface area contributed by atoms with Crippen LogP contribution in [0.15, 0.2) is 0 Å². The third-order valence-corrected chi connectivity index (χ3v) is 5.26. The van der Waals surface area contributed by atoms with E-state index in [1.54, 1.807) is 20.8 Å². The molecule has 9 heteroatoms. The van der Waals surface area contributed by atoms with Gasteiger partial charge < -0.3 is 14.7 Å². The van der Waals surface area contributed by atoms with Crippen LogP contribution in [-0.2, 0) is 11.2 Å². The Bertz CT molecular complexity index is 765. The zero-order chi connectivity index (χ0) is 21.0. The number of hydrogen-bond donors (Lipinski definition) is 1. The maximum absolute atomic E-state index is 14.0. The second kappa shape index (κ2) is 6.86. The molecule has 2 heterocycles. The number of hydrogen-bond acceptors (Lipinski definition) is 3. The van der Waals surface area contributed by atoms with Crippen LogP contribution in [0.1, 0.15) is 52.0 Å². The molecular formula is C19H22F5NO3. The lowest BCUT2D eigenvalue weighted by Gasteiger charge is -2.44. The molecule has 2 atom stereocenters. The fraction of sp³-hybridized carbons (Fsp3) is 0.632. The van der Waals surface area contributed by atoms with E-state index >= 15 is 0 Å². The van der Waals surface area contributed by atoms with Crippen LogP contribution in [0.3, 0.4) is 0 Å². The fourth-order valence-corrected chi connectivity index (χ4v) is 4.21. The van der Waals surface area contributed by atoms with Crippen molar-refractivity contribution in [3.8, 4) is 0 Å². The van der Waals surface area contributed by atoms with Gasteiger partial charge in [-0.15, -0.1) is 0 Å². The van der Waals surface area contributed by atoms with Gasteiger partial charge in [-0.2, -0.15) is 0 Å². The summed E-state index contributed by atoms with van der Waals surface area (Å²) in [5.74, 6) is -10.2. The smallest absolute Gasteiger partial charge is 0.410 e. The maximum atomic E-state index is 14.0. The van der Waals surface area contributed by atoms with Gasteiger partial charge in [0.05, 0.1) is 5.60 Å². The molecule has 2 saturated heterocycles. The highest BCUT2D eigenvalue weighted by molar-refractivity contribution is 5.69. The zero-order valence-electron chi connectivity index (χ0n) is 15.8. The van der Waals surface area contributed by atoms with Crippen molar-refractivity contribution in [3.63, 3.8) is 0 Å². The van der Waals surface area contributed by atoms with Gasteiger partial charge in [0, 0.05) is 24.1 Å². The highest BCUT2D eigenvalue weighted by Crippen LogP contribution is 2.43. The predicted octanol–water partition coefficient (Wildman–Crippen LogP) is 4.22. The molecule has 2 aliphatic heterocycles. The van der Waals surface area contributed by atoms with E-state index in [1.165, 1.54) is 4.90 Å². The summed E-state index contributed by atoms with van der Waals surface area (Å²) < 4.78 is 73.5. The minimum atomic E-state index is -2.23. The first-order chi connectivity index (χ1) is 12.8. The van der Waals surface area contributed by atoms with Crippen molar-refractivity contribution in [1.82, 2.24) is 4.90 Å². The second-order valence-corrected chi connectivity index (χ2v) is 8.63. The van der Waals surface area contributed by atoms with E-state index in [4.69, 9.17) is 4.74 Å². The Morgan fingerprint density at radius 2 is 1.43 bits per heavy atom. The molecule has 0 aliphatic carbocycles. The minimum absolute atomic E-state index is 0.0394. The molecule has 2 aliphatic rings. The van der Waals surface area contributed by atoms with Crippen molar-refractivity contribution in [2.24, 2.45) is 0 Å². The molecule has 3 rings (SSSR count). The molecule has 4 nitrogen and oxygen atoms in total. The number of fused-ring (bicyclic) bond motifs is 2. The van der Waals surface area contributed by atoms with E-state index in [9.17, 15) is 31.9 Å². The lowest BCUT2D eigenvalue weighted by Crippen LogP contribution is -2.55. The van der Waals surface area contributed by atoms with Gasteiger partial charge in [0.1, 0.15) is 5.60 Å². The number of rotatable bonds is 2. The molecule has 2 bridgehead atoms. The summed E-state index contributed by atoms with van der Waals surface area (Å²) in [6.45, 7) is 5.16. The quantitative estimate of drug-likeness (QED) is 0.454. The number of aliphatic hydroxyl groups is 1. The lowest BCUT2D eigenvalue weighted by atomic mass is 9.81. The Morgan fingerprint density at radius 3 is 1.86 bits per heavy atom. The van der Waals surface area contributed by atoms with Crippen molar-refractivity contribution in [1.29, 1.82) is 0 Å². The summed E-state index contributed by atoms with van der Waals surface area (Å²) in [4.78, 5) is 14.0. The first kappa shape index (κ1) is 20.8. The summed E-state index contributed by atoms with van der Waals surface area (Å²) in [5.41, 5.74) is -3.44. The minimum Gasteiger partial charge on any atom is -0.444 e. The van der Waals surface area contributed by atoms with Crippen molar-refractivity contribution in [3.05, 3.63) is 34.6 Å². The number of carbonyl (C=O) groups excluding carboxylic acids is 1. The predicted molar refractivity (Wildman–Crippen MR) is 89.0 cm³/mol. The summed E-state index contributed by atoms with van der Waals surface area (Å²) in [6, 6.07) is -0.861. The highest BCUT2D eigenvalue weighted by atomic mass is 19.2. The van der Waals surface area contributed by atoms with Crippen LogP contribution in [0.25, 0.3) is 0 Å². The van der Waals surface area contributed by atoms with Gasteiger partial charge >= 0.3 is 6.09 Å². The number of ether oxygens (including phenoxy) is 1. The molecule has 0 saturated carbocycles. The van der Waals surface area contributed by atoms with Crippen LogP contribution >= 0.6 is 0 Å². The van der Waals surface area contributed by atoms with Crippen LogP contribution in [0.2, 0.25) is 0 Å². The molecule has 156 valence electrons. The van der Waals surface area contributed by atoms with Crippen LogP contribution in [0.4, 0.5) is 26.7 Å². The number of benzene rings is 1. The van der Waals surface area contributed by atoms with Gasteiger partial charge in [-0.05, 0) is 46.5 Å². The third kappa shape index (κ3) is 3.68. The number of amides is 1. The number of carbonyl (C=O) groups is 1. The molecule has 1 amide bonds. The Hall–Kier alpha value is -1.90.